The number of aromatic hydroxyl groups is 1. The molecule has 0 unspecified atom stereocenters. The highest BCUT2D eigenvalue weighted by atomic mass is 16.3. The molecule has 2 aromatic heterocycles. The van der Waals surface area contributed by atoms with Crippen LogP contribution in [0.4, 0.5) is 11.5 Å². The Kier molecular flexibility index (Phi) is 5.81. The third-order valence-electron chi connectivity index (χ3n) is 5.62. The molecule has 8 nitrogen and oxygen atoms in total. The van der Waals surface area contributed by atoms with Gasteiger partial charge < -0.3 is 26.0 Å². The Morgan fingerprint density at radius 3 is 2.74 bits per heavy atom. The summed E-state index contributed by atoms with van der Waals surface area (Å²) in [7, 11) is 0. The van der Waals surface area contributed by atoms with E-state index in [0.717, 1.165) is 43.7 Å². The first-order valence-corrected chi connectivity index (χ1v) is 10.6. The van der Waals surface area contributed by atoms with Crippen LogP contribution in [-0.4, -0.2) is 50.9 Å². The van der Waals surface area contributed by atoms with Crippen LogP contribution in [0.15, 0.2) is 47.3 Å². The molecule has 8 heteroatoms. The number of rotatable bonds is 8. The monoisotopic (exact) mass is 420 g/mol. The number of aromatic amines is 1. The van der Waals surface area contributed by atoms with Gasteiger partial charge in [0.15, 0.2) is 0 Å². The molecule has 0 atom stereocenters. The molecule has 0 saturated carbocycles. The number of H-pyrrole nitrogens is 1. The van der Waals surface area contributed by atoms with Crippen LogP contribution in [0.5, 0.6) is 5.75 Å². The fraction of sp³-hybridized carbons (Fsp3) is 0.304. The van der Waals surface area contributed by atoms with Crippen molar-refractivity contribution in [2.75, 3.05) is 37.2 Å². The molecule has 0 spiro atoms. The molecule has 0 aliphatic rings. The van der Waals surface area contributed by atoms with Crippen molar-refractivity contribution < 1.29 is 5.11 Å². The average molecular weight is 421 g/mol. The second-order valence-electron chi connectivity index (χ2n) is 7.56. The molecule has 0 bridgehead atoms. The number of hydrogen-bond acceptors (Lipinski definition) is 6. The summed E-state index contributed by atoms with van der Waals surface area (Å²) in [4.78, 5) is 18.1. The minimum absolute atomic E-state index is 0.104. The van der Waals surface area contributed by atoms with Crippen LogP contribution in [0.2, 0.25) is 0 Å². The first-order chi connectivity index (χ1) is 15.0. The van der Waals surface area contributed by atoms with Crippen molar-refractivity contribution >= 4 is 33.3 Å². The highest BCUT2D eigenvalue weighted by molar-refractivity contribution is 6.07. The van der Waals surface area contributed by atoms with E-state index in [0.29, 0.717) is 22.1 Å². The molecule has 162 valence electrons. The van der Waals surface area contributed by atoms with E-state index in [1.54, 1.807) is 24.3 Å². The summed E-state index contributed by atoms with van der Waals surface area (Å²) >= 11 is 0. The highest BCUT2D eigenvalue weighted by Crippen LogP contribution is 2.28. The van der Waals surface area contributed by atoms with Gasteiger partial charge >= 0.3 is 0 Å². The Bertz CT molecular complexity index is 1270. The molecule has 0 aliphatic carbocycles. The molecule has 4 aromatic rings. The van der Waals surface area contributed by atoms with Crippen LogP contribution in [0.25, 0.3) is 27.5 Å². The summed E-state index contributed by atoms with van der Waals surface area (Å²) in [5.74, 6) is 0.342. The van der Waals surface area contributed by atoms with Crippen molar-refractivity contribution in [3.63, 3.8) is 0 Å². The number of phenolic OH excluding ortho intramolecular Hbond substituents is 1. The Hall–Kier alpha value is -3.52. The SMILES string of the molecule is CCN(CC)CCCNc1ccc2c(c1)[nH]c(=O)c1c(N)n(-c3cccc(O)c3)nc12. The Labute approximate surface area is 180 Å². The predicted octanol–water partition coefficient (Wildman–Crippen LogP) is 3.30. The van der Waals surface area contributed by atoms with Gasteiger partial charge in [0.2, 0.25) is 0 Å². The number of aromatic nitrogens is 3. The van der Waals surface area contributed by atoms with Gasteiger partial charge in [-0.2, -0.15) is 5.10 Å². The maximum atomic E-state index is 12.8. The summed E-state index contributed by atoms with van der Waals surface area (Å²) in [6.45, 7) is 8.37. The summed E-state index contributed by atoms with van der Waals surface area (Å²) < 4.78 is 1.48. The standard InChI is InChI=1S/C23H28N6O2/c1-3-28(4-2)12-6-11-25-15-9-10-18-19(13-15)26-23(31)20-21(18)27-29(22(20)24)16-7-5-8-17(30)14-16/h5,7-10,13-14,25,30H,3-4,6,11-12,24H2,1-2H3,(H,26,31). The largest absolute Gasteiger partial charge is 0.508 e. The Morgan fingerprint density at radius 2 is 2.00 bits per heavy atom. The van der Waals surface area contributed by atoms with Crippen LogP contribution < -0.4 is 16.6 Å². The minimum atomic E-state index is -0.287. The number of benzene rings is 2. The second-order valence-corrected chi connectivity index (χ2v) is 7.56. The second kappa shape index (κ2) is 8.69. The van der Waals surface area contributed by atoms with E-state index >= 15 is 0 Å². The van der Waals surface area contributed by atoms with Crippen LogP contribution in [0.3, 0.4) is 0 Å². The fourth-order valence-electron chi connectivity index (χ4n) is 3.89. The Morgan fingerprint density at radius 1 is 1.19 bits per heavy atom. The van der Waals surface area contributed by atoms with Crippen LogP contribution in [0.1, 0.15) is 20.3 Å². The zero-order valence-electron chi connectivity index (χ0n) is 17.9. The van der Waals surface area contributed by atoms with E-state index in [-0.39, 0.29) is 17.1 Å². The summed E-state index contributed by atoms with van der Waals surface area (Å²) in [6.07, 6.45) is 1.04. The van der Waals surface area contributed by atoms with Gasteiger partial charge in [-0.3, -0.25) is 4.79 Å². The van der Waals surface area contributed by atoms with Gasteiger partial charge in [-0.25, -0.2) is 4.68 Å². The van der Waals surface area contributed by atoms with Crippen LogP contribution >= 0.6 is 0 Å². The van der Waals surface area contributed by atoms with Gasteiger partial charge in [-0.05, 0) is 56.4 Å². The number of hydrogen-bond donors (Lipinski definition) is 4. The average Bonchev–Trinajstić information content (AvgIpc) is 3.12. The topological polar surface area (TPSA) is 112 Å². The highest BCUT2D eigenvalue weighted by Gasteiger charge is 2.17. The van der Waals surface area contributed by atoms with Crippen molar-refractivity contribution in [2.45, 2.75) is 20.3 Å². The van der Waals surface area contributed by atoms with E-state index < -0.39 is 0 Å². The summed E-state index contributed by atoms with van der Waals surface area (Å²) in [5, 5.41) is 19.0. The molecular formula is C23H28N6O2. The molecule has 2 aromatic carbocycles. The molecule has 2 heterocycles. The lowest BCUT2D eigenvalue weighted by Gasteiger charge is -2.18. The zero-order chi connectivity index (χ0) is 22.0. The summed E-state index contributed by atoms with van der Waals surface area (Å²) in [5.41, 5.74) is 8.74. The lowest BCUT2D eigenvalue weighted by atomic mass is 10.1. The number of nitrogens with zero attached hydrogens (tertiary/aromatic N) is 3. The number of nitrogens with two attached hydrogens (primary N) is 1. The number of anilines is 2. The van der Waals surface area contributed by atoms with E-state index in [9.17, 15) is 9.90 Å². The third kappa shape index (κ3) is 4.06. The smallest absolute Gasteiger partial charge is 0.261 e. The molecular weight excluding hydrogens is 392 g/mol. The predicted molar refractivity (Wildman–Crippen MR) is 126 cm³/mol. The van der Waals surface area contributed by atoms with E-state index in [4.69, 9.17) is 5.73 Å². The number of fused-ring (bicyclic) bond motifs is 3. The van der Waals surface area contributed by atoms with E-state index in [1.807, 2.05) is 18.2 Å². The Balaban J connectivity index is 1.65. The van der Waals surface area contributed by atoms with Gasteiger partial charge in [0.05, 0.1) is 11.2 Å². The first-order valence-electron chi connectivity index (χ1n) is 10.6. The van der Waals surface area contributed by atoms with Gasteiger partial charge in [0, 0.05) is 23.7 Å². The lowest BCUT2D eigenvalue weighted by Crippen LogP contribution is -2.25. The van der Waals surface area contributed by atoms with E-state index in [1.165, 1.54) is 4.68 Å². The molecule has 0 aliphatic heterocycles. The lowest BCUT2D eigenvalue weighted by molar-refractivity contribution is 0.303. The molecule has 0 radical (unpaired) electrons. The number of pyridine rings is 1. The molecule has 4 rings (SSSR count). The quantitative estimate of drug-likeness (QED) is 0.325. The fourth-order valence-corrected chi connectivity index (χ4v) is 3.89. The van der Waals surface area contributed by atoms with Gasteiger partial charge in [0.1, 0.15) is 22.5 Å². The van der Waals surface area contributed by atoms with E-state index in [2.05, 4.69) is 34.1 Å². The van der Waals surface area contributed by atoms with Crippen LogP contribution in [0, 0.1) is 0 Å². The molecule has 5 N–H and O–H groups in total. The van der Waals surface area contributed by atoms with Crippen molar-refractivity contribution in [1.82, 2.24) is 19.7 Å². The maximum absolute atomic E-state index is 12.8. The van der Waals surface area contributed by atoms with Gasteiger partial charge in [-0.1, -0.05) is 19.9 Å². The zero-order valence-corrected chi connectivity index (χ0v) is 17.9. The van der Waals surface area contributed by atoms with Crippen LogP contribution in [-0.2, 0) is 0 Å². The molecule has 0 saturated heterocycles. The molecule has 0 fully saturated rings. The first kappa shape index (κ1) is 20.7. The minimum Gasteiger partial charge on any atom is -0.508 e. The van der Waals surface area contributed by atoms with Gasteiger partial charge in [-0.15, -0.1) is 0 Å². The third-order valence-corrected chi connectivity index (χ3v) is 5.62. The van der Waals surface area contributed by atoms with Crippen molar-refractivity contribution in [2.24, 2.45) is 0 Å². The molecule has 0 amide bonds. The number of nitrogens with one attached hydrogen (secondary N) is 2. The number of nitrogen functional groups attached to an aromatic ring is 1. The normalized spacial score (nSPS) is 11.6. The van der Waals surface area contributed by atoms with Gasteiger partial charge in [0.25, 0.3) is 5.56 Å². The van der Waals surface area contributed by atoms with Crippen molar-refractivity contribution in [3.05, 3.63) is 52.8 Å². The number of phenols is 1. The van der Waals surface area contributed by atoms with Crippen molar-refractivity contribution in [1.29, 1.82) is 0 Å². The summed E-state index contributed by atoms with van der Waals surface area (Å²) in [6, 6.07) is 12.5. The molecule has 31 heavy (non-hydrogen) atoms. The van der Waals surface area contributed by atoms with Crippen molar-refractivity contribution in [3.8, 4) is 11.4 Å². The maximum Gasteiger partial charge on any atom is 0.261 e.